The molecular formula is C13H22N4O4. The van der Waals surface area contributed by atoms with Gasteiger partial charge < -0.3 is 26.0 Å². The van der Waals surface area contributed by atoms with Crippen LogP contribution in [-0.4, -0.2) is 44.5 Å². The summed E-state index contributed by atoms with van der Waals surface area (Å²) in [6.45, 7) is 6.66. The second kappa shape index (κ2) is 6.68. The minimum atomic E-state index is -1.24. The van der Waals surface area contributed by atoms with Crippen LogP contribution in [0.25, 0.3) is 0 Å². The number of hydrogen-bond donors (Lipinski definition) is 4. The summed E-state index contributed by atoms with van der Waals surface area (Å²) in [6.07, 6.45) is -1.78. The van der Waals surface area contributed by atoms with Crippen LogP contribution in [0.4, 0.5) is 10.7 Å². The number of aliphatic hydroxyl groups excluding tert-OH is 2. The van der Waals surface area contributed by atoms with Gasteiger partial charge in [-0.3, -0.25) is 0 Å². The number of carbonyl (C=O) groups is 1. The molecule has 0 spiro atoms. The highest BCUT2D eigenvalue weighted by Crippen LogP contribution is 2.19. The zero-order chi connectivity index (χ0) is 16.2. The van der Waals surface area contributed by atoms with Crippen LogP contribution in [0.1, 0.15) is 38.1 Å². The summed E-state index contributed by atoms with van der Waals surface area (Å²) in [5.41, 5.74) is 5.60. The van der Waals surface area contributed by atoms with Crippen LogP contribution in [0.15, 0.2) is 6.20 Å². The summed E-state index contributed by atoms with van der Waals surface area (Å²) in [5, 5.41) is 22.3. The van der Waals surface area contributed by atoms with Crippen molar-refractivity contribution >= 4 is 12.0 Å². The molecule has 0 aromatic carbocycles. The zero-order valence-corrected chi connectivity index (χ0v) is 12.6. The van der Waals surface area contributed by atoms with Crippen LogP contribution in [-0.2, 0) is 4.74 Å². The van der Waals surface area contributed by atoms with E-state index in [-0.39, 0.29) is 12.5 Å². The molecule has 0 fully saturated rings. The van der Waals surface area contributed by atoms with E-state index in [9.17, 15) is 15.0 Å². The van der Waals surface area contributed by atoms with Crippen LogP contribution >= 0.6 is 0 Å². The Kier molecular flexibility index (Phi) is 5.45. The van der Waals surface area contributed by atoms with Gasteiger partial charge in [0.15, 0.2) is 0 Å². The van der Waals surface area contributed by atoms with Gasteiger partial charge in [-0.15, -0.1) is 0 Å². The van der Waals surface area contributed by atoms with E-state index in [1.165, 1.54) is 6.20 Å². The fourth-order valence-electron chi connectivity index (χ4n) is 1.61. The van der Waals surface area contributed by atoms with Crippen molar-refractivity contribution < 1.29 is 19.7 Å². The van der Waals surface area contributed by atoms with E-state index in [0.717, 1.165) is 0 Å². The molecule has 2 unspecified atom stereocenters. The van der Waals surface area contributed by atoms with Gasteiger partial charge in [-0.05, 0) is 27.7 Å². The van der Waals surface area contributed by atoms with E-state index in [4.69, 9.17) is 10.5 Å². The number of alkyl carbamates (subject to hydrolysis) is 1. The summed E-state index contributed by atoms with van der Waals surface area (Å²) in [4.78, 5) is 19.1. The number of hydrogen-bond acceptors (Lipinski definition) is 7. The molecule has 0 aliphatic heterocycles. The van der Waals surface area contributed by atoms with Crippen molar-refractivity contribution in [2.45, 2.75) is 45.5 Å². The highest BCUT2D eigenvalue weighted by atomic mass is 16.6. The highest BCUT2D eigenvalue weighted by molar-refractivity contribution is 5.67. The third-order valence-electron chi connectivity index (χ3n) is 2.57. The average molecular weight is 298 g/mol. The third kappa shape index (κ3) is 5.52. The SMILES string of the molecule is Cc1nc(N)ncc1C(O)C(O)CNC(=O)OC(C)(C)C. The minimum Gasteiger partial charge on any atom is -0.444 e. The van der Waals surface area contributed by atoms with Crippen LogP contribution in [0.2, 0.25) is 0 Å². The number of nitrogens with zero attached hydrogens (tertiary/aromatic N) is 2. The summed E-state index contributed by atoms with van der Waals surface area (Å²) in [5.74, 6) is 0.0878. The van der Waals surface area contributed by atoms with E-state index in [2.05, 4.69) is 15.3 Å². The Labute approximate surface area is 123 Å². The van der Waals surface area contributed by atoms with Gasteiger partial charge in [0.25, 0.3) is 0 Å². The van der Waals surface area contributed by atoms with Crippen LogP contribution in [0.5, 0.6) is 0 Å². The maximum Gasteiger partial charge on any atom is 0.407 e. The van der Waals surface area contributed by atoms with Gasteiger partial charge in [-0.1, -0.05) is 0 Å². The number of anilines is 1. The fourth-order valence-corrected chi connectivity index (χ4v) is 1.61. The first-order chi connectivity index (χ1) is 9.60. The van der Waals surface area contributed by atoms with Gasteiger partial charge in [0.2, 0.25) is 5.95 Å². The number of ether oxygens (including phenoxy) is 1. The number of nitrogens with two attached hydrogens (primary N) is 1. The number of rotatable bonds is 4. The summed E-state index contributed by atoms with van der Waals surface area (Å²) in [6, 6.07) is 0. The molecule has 1 amide bonds. The summed E-state index contributed by atoms with van der Waals surface area (Å²) < 4.78 is 5.03. The monoisotopic (exact) mass is 298 g/mol. The molecule has 1 heterocycles. The fraction of sp³-hybridized carbons (Fsp3) is 0.615. The van der Waals surface area contributed by atoms with Crippen molar-refractivity contribution in [2.75, 3.05) is 12.3 Å². The molecule has 0 radical (unpaired) electrons. The molecule has 2 atom stereocenters. The van der Waals surface area contributed by atoms with E-state index < -0.39 is 23.9 Å². The van der Waals surface area contributed by atoms with Crippen molar-refractivity contribution in [3.05, 3.63) is 17.5 Å². The molecule has 8 heteroatoms. The second-order valence-corrected chi connectivity index (χ2v) is 5.66. The Morgan fingerprint density at radius 1 is 1.48 bits per heavy atom. The van der Waals surface area contributed by atoms with E-state index in [1.54, 1.807) is 27.7 Å². The van der Waals surface area contributed by atoms with Gasteiger partial charge in [0.05, 0.1) is 0 Å². The molecule has 0 saturated heterocycles. The molecule has 8 nitrogen and oxygen atoms in total. The Balaban J connectivity index is 2.59. The largest absolute Gasteiger partial charge is 0.444 e. The lowest BCUT2D eigenvalue weighted by atomic mass is 10.0. The molecule has 0 bridgehead atoms. The Bertz CT molecular complexity index is 501. The second-order valence-electron chi connectivity index (χ2n) is 5.66. The molecule has 1 rings (SSSR count). The number of aliphatic hydroxyl groups is 2. The van der Waals surface area contributed by atoms with E-state index >= 15 is 0 Å². The summed E-state index contributed by atoms with van der Waals surface area (Å²) in [7, 11) is 0. The van der Waals surface area contributed by atoms with Crippen molar-refractivity contribution in [3.63, 3.8) is 0 Å². The molecule has 1 aromatic rings. The lowest BCUT2D eigenvalue weighted by Crippen LogP contribution is -2.39. The lowest BCUT2D eigenvalue weighted by molar-refractivity contribution is 0.0123. The zero-order valence-electron chi connectivity index (χ0n) is 12.6. The van der Waals surface area contributed by atoms with Crippen molar-refractivity contribution in [1.82, 2.24) is 15.3 Å². The topological polar surface area (TPSA) is 131 Å². The van der Waals surface area contributed by atoms with Gasteiger partial charge in [0, 0.05) is 24.0 Å². The highest BCUT2D eigenvalue weighted by Gasteiger charge is 2.23. The molecule has 0 aliphatic carbocycles. The predicted molar refractivity (Wildman–Crippen MR) is 76.4 cm³/mol. The number of aryl methyl sites for hydroxylation is 1. The number of nitrogens with one attached hydrogen (secondary N) is 1. The first kappa shape index (κ1) is 17.1. The van der Waals surface area contributed by atoms with Crippen LogP contribution in [0, 0.1) is 6.92 Å². The number of aromatic nitrogens is 2. The molecule has 1 aromatic heterocycles. The number of carbonyl (C=O) groups excluding carboxylic acids is 1. The molecule has 0 aliphatic rings. The van der Waals surface area contributed by atoms with Gasteiger partial charge in [-0.25, -0.2) is 14.8 Å². The molecule has 21 heavy (non-hydrogen) atoms. The maximum absolute atomic E-state index is 11.5. The van der Waals surface area contributed by atoms with Crippen LogP contribution in [0.3, 0.4) is 0 Å². The quantitative estimate of drug-likeness (QED) is 0.628. The number of nitrogen functional groups attached to an aromatic ring is 1. The minimum absolute atomic E-state index is 0.0878. The normalized spacial score (nSPS) is 14.4. The first-order valence-corrected chi connectivity index (χ1v) is 6.52. The molecule has 118 valence electrons. The van der Waals surface area contributed by atoms with E-state index in [0.29, 0.717) is 11.3 Å². The van der Waals surface area contributed by atoms with Gasteiger partial charge >= 0.3 is 6.09 Å². The lowest BCUT2D eigenvalue weighted by Gasteiger charge is -2.22. The predicted octanol–water partition coefficient (Wildman–Crippen LogP) is 0.286. The van der Waals surface area contributed by atoms with E-state index in [1.807, 2.05) is 0 Å². The first-order valence-electron chi connectivity index (χ1n) is 6.52. The Morgan fingerprint density at radius 2 is 2.10 bits per heavy atom. The molecular weight excluding hydrogens is 276 g/mol. The van der Waals surface area contributed by atoms with Gasteiger partial charge in [0.1, 0.15) is 17.8 Å². The molecule has 0 saturated carbocycles. The number of amides is 1. The maximum atomic E-state index is 11.5. The molecule has 5 N–H and O–H groups in total. The Hall–Kier alpha value is -1.93. The summed E-state index contributed by atoms with van der Waals surface area (Å²) >= 11 is 0. The van der Waals surface area contributed by atoms with Crippen molar-refractivity contribution in [2.24, 2.45) is 0 Å². The average Bonchev–Trinajstić information content (AvgIpc) is 2.33. The van der Waals surface area contributed by atoms with Crippen molar-refractivity contribution in [3.8, 4) is 0 Å². The standard InChI is InChI=1S/C13H22N4O4/c1-7-8(5-15-11(14)17-7)10(19)9(18)6-16-12(20)21-13(2,3)4/h5,9-10,18-19H,6H2,1-4H3,(H,16,20)(H2,14,15,17). The third-order valence-corrected chi connectivity index (χ3v) is 2.57. The smallest absolute Gasteiger partial charge is 0.407 e. The van der Waals surface area contributed by atoms with Crippen LogP contribution < -0.4 is 11.1 Å². The van der Waals surface area contributed by atoms with Gasteiger partial charge in [-0.2, -0.15) is 0 Å². The Morgan fingerprint density at radius 3 is 2.62 bits per heavy atom. The van der Waals surface area contributed by atoms with Crippen molar-refractivity contribution in [1.29, 1.82) is 0 Å².